The van der Waals surface area contributed by atoms with Crippen LogP contribution in [0.15, 0.2) is 0 Å². The normalized spacial score (nSPS) is 14.0. The highest BCUT2D eigenvalue weighted by Gasteiger charge is 2.21. The van der Waals surface area contributed by atoms with Crippen LogP contribution < -0.4 is 5.32 Å². The van der Waals surface area contributed by atoms with E-state index in [1.165, 1.54) is 11.3 Å². The summed E-state index contributed by atoms with van der Waals surface area (Å²) >= 11 is 0. The second-order valence-corrected chi connectivity index (χ2v) is 5.26. The van der Waals surface area contributed by atoms with Crippen LogP contribution in [-0.2, 0) is 6.42 Å². The maximum atomic E-state index is 4.30. The Balaban J connectivity index is 2.77. The van der Waals surface area contributed by atoms with Crippen molar-refractivity contribution in [2.45, 2.75) is 54.0 Å². The molecule has 1 rings (SSSR count). The van der Waals surface area contributed by atoms with Gasteiger partial charge in [-0.25, -0.2) is 0 Å². The molecular weight excluding hydrogens is 186 g/mol. The number of hydrogen-bond acceptors (Lipinski definition) is 2. The molecule has 0 amide bonds. The molecule has 0 aliphatic carbocycles. The number of aromatic nitrogens is 2. The average molecular weight is 209 g/mol. The molecular formula is C12H23N3. The van der Waals surface area contributed by atoms with Gasteiger partial charge in [0.25, 0.3) is 0 Å². The van der Waals surface area contributed by atoms with E-state index in [2.05, 4.69) is 57.1 Å². The molecule has 2 N–H and O–H groups in total. The van der Waals surface area contributed by atoms with E-state index < -0.39 is 0 Å². The summed E-state index contributed by atoms with van der Waals surface area (Å²) in [5.74, 6) is 0.995. The number of aryl methyl sites for hydroxylation is 1. The zero-order chi connectivity index (χ0) is 11.6. The molecule has 1 aromatic rings. The zero-order valence-electron chi connectivity index (χ0n) is 10.7. The van der Waals surface area contributed by atoms with Gasteiger partial charge < -0.3 is 5.32 Å². The molecule has 1 heterocycles. The van der Waals surface area contributed by atoms with Crippen molar-refractivity contribution in [2.24, 2.45) is 5.41 Å². The van der Waals surface area contributed by atoms with Gasteiger partial charge in [0.15, 0.2) is 5.82 Å². The first kappa shape index (κ1) is 12.1. The smallest absolute Gasteiger partial charge is 0.151 e. The first-order valence-corrected chi connectivity index (χ1v) is 5.66. The maximum absolute atomic E-state index is 4.30. The Kier molecular flexibility index (Phi) is 3.42. The van der Waals surface area contributed by atoms with Gasteiger partial charge in [-0.1, -0.05) is 27.7 Å². The standard InChI is InChI=1S/C12H23N3/c1-7-10-8(2)11(15-14-10)13-9(3)12(4,5)6/h9H,7H2,1-6H3,(H2,13,14,15). The Hall–Kier alpha value is -0.990. The minimum Gasteiger partial charge on any atom is -0.365 e. The Morgan fingerprint density at radius 1 is 1.40 bits per heavy atom. The Labute approximate surface area is 92.7 Å². The fourth-order valence-corrected chi connectivity index (χ4v) is 1.34. The number of hydrogen-bond donors (Lipinski definition) is 2. The van der Waals surface area contributed by atoms with Crippen molar-refractivity contribution in [2.75, 3.05) is 5.32 Å². The van der Waals surface area contributed by atoms with Crippen molar-refractivity contribution in [3.05, 3.63) is 11.3 Å². The Morgan fingerprint density at radius 2 is 2.00 bits per heavy atom. The molecule has 1 unspecified atom stereocenters. The van der Waals surface area contributed by atoms with E-state index in [1.54, 1.807) is 0 Å². The number of anilines is 1. The molecule has 3 nitrogen and oxygen atoms in total. The molecule has 1 aromatic heterocycles. The molecule has 15 heavy (non-hydrogen) atoms. The highest BCUT2D eigenvalue weighted by atomic mass is 15.2. The second-order valence-electron chi connectivity index (χ2n) is 5.26. The number of nitrogens with one attached hydrogen (secondary N) is 2. The molecule has 1 atom stereocenters. The number of aromatic amines is 1. The summed E-state index contributed by atoms with van der Waals surface area (Å²) < 4.78 is 0. The summed E-state index contributed by atoms with van der Waals surface area (Å²) in [6, 6.07) is 0.407. The molecule has 0 radical (unpaired) electrons. The van der Waals surface area contributed by atoms with E-state index in [-0.39, 0.29) is 5.41 Å². The van der Waals surface area contributed by atoms with Gasteiger partial charge in [0.2, 0.25) is 0 Å². The quantitative estimate of drug-likeness (QED) is 0.803. The van der Waals surface area contributed by atoms with E-state index in [4.69, 9.17) is 0 Å². The highest BCUT2D eigenvalue weighted by Crippen LogP contribution is 2.24. The van der Waals surface area contributed by atoms with Gasteiger partial charge in [-0.15, -0.1) is 0 Å². The zero-order valence-corrected chi connectivity index (χ0v) is 10.7. The van der Waals surface area contributed by atoms with Crippen LogP contribution in [0.5, 0.6) is 0 Å². The molecule has 0 saturated heterocycles. The lowest BCUT2D eigenvalue weighted by Crippen LogP contribution is -2.31. The molecule has 0 aliphatic heterocycles. The fourth-order valence-electron chi connectivity index (χ4n) is 1.34. The fraction of sp³-hybridized carbons (Fsp3) is 0.750. The lowest BCUT2D eigenvalue weighted by Gasteiger charge is -2.28. The summed E-state index contributed by atoms with van der Waals surface area (Å²) in [4.78, 5) is 0. The van der Waals surface area contributed by atoms with Crippen molar-refractivity contribution in [1.82, 2.24) is 10.2 Å². The predicted octanol–water partition coefficient (Wildman–Crippen LogP) is 3.13. The van der Waals surface area contributed by atoms with Crippen LogP contribution in [0.2, 0.25) is 0 Å². The Morgan fingerprint density at radius 3 is 2.40 bits per heavy atom. The van der Waals surface area contributed by atoms with Crippen LogP contribution in [0.4, 0.5) is 5.82 Å². The highest BCUT2D eigenvalue weighted by molar-refractivity contribution is 5.46. The first-order valence-electron chi connectivity index (χ1n) is 5.66. The third kappa shape index (κ3) is 2.74. The maximum Gasteiger partial charge on any atom is 0.151 e. The minimum absolute atomic E-state index is 0.248. The van der Waals surface area contributed by atoms with Gasteiger partial charge in [-0.05, 0) is 25.7 Å². The van der Waals surface area contributed by atoms with Crippen LogP contribution in [0, 0.1) is 12.3 Å². The molecule has 0 saturated carbocycles. The summed E-state index contributed by atoms with van der Waals surface area (Å²) in [6.07, 6.45) is 1.00. The van der Waals surface area contributed by atoms with Gasteiger partial charge in [0, 0.05) is 17.3 Å². The van der Waals surface area contributed by atoms with Gasteiger partial charge in [-0.3, -0.25) is 5.10 Å². The number of H-pyrrole nitrogens is 1. The summed E-state index contributed by atoms with van der Waals surface area (Å²) in [7, 11) is 0. The second kappa shape index (κ2) is 4.25. The van der Waals surface area contributed by atoms with Gasteiger partial charge in [0.1, 0.15) is 0 Å². The Bertz CT molecular complexity index is 320. The summed E-state index contributed by atoms with van der Waals surface area (Å²) in [6.45, 7) is 13.1. The van der Waals surface area contributed by atoms with Crippen LogP contribution in [0.3, 0.4) is 0 Å². The van der Waals surface area contributed by atoms with E-state index in [0.717, 1.165) is 12.2 Å². The SMILES string of the molecule is CCc1[nH]nc(NC(C)C(C)(C)C)c1C. The van der Waals surface area contributed by atoms with Crippen molar-refractivity contribution < 1.29 is 0 Å². The number of nitrogens with zero attached hydrogens (tertiary/aromatic N) is 1. The lowest BCUT2D eigenvalue weighted by atomic mass is 9.88. The van der Waals surface area contributed by atoms with Crippen molar-refractivity contribution in [3.8, 4) is 0 Å². The van der Waals surface area contributed by atoms with E-state index in [0.29, 0.717) is 6.04 Å². The van der Waals surface area contributed by atoms with Crippen LogP contribution in [0.25, 0.3) is 0 Å². The minimum atomic E-state index is 0.248. The van der Waals surface area contributed by atoms with E-state index >= 15 is 0 Å². The monoisotopic (exact) mass is 209 g/mol. The summed E-state index contributed by atoms with van der Waals surface area (Å²) in [5, 5.41) is 10.8. The van der Waals surface area contributed by atoms with Crippen LogP contribution in [0.1, 0.15) is 45.9 Å². The third-order valence-corrected chi connectivity index (χ3v) is 3.12. The largest absolute Gasteiger partial charge is 0.365 e. The molecule has 0 aromatic carbocycles. The van der Waals surface area contributed by atoms with Gasteiger partial charge in [0.05, 0.1) is 0 Å². The van der Waals surface area contributed by atoms with E-state index in [9.17, 15) is 0 Å². The van der Waals surface area contributed by atoms with Crippen molar-refractivity contribution in [1.29, 1.82) is 0 Å². The molecule has 86 valence electrons. The van der Waals surface area contributed by atoms with Crippen LogP contribution >= 0.6 is 0 Å². The van der Waals surface area contributed by atoms with Gasteiger partial charge >= 0.3 is 0 Å². The topological polar surface area (TPSA) is 40.7 Å². The third-order valence-electron chi connectivity index (χ3n) is 3.12. The van der Waals surface area contributed by atoms with Crippen LogP contribution in [-0.4, -0.2) is 16.2 Å². The van der Waals surface area contributed by atoms with Crippen molar-refractivity contribution in [3.63, 3.8) is 0 Å². The molecule has 0 bridgehead atoms. The van der Waals surface area contributed by atoms with Gasteiger partial charge in [-0.2, -0.15) is 5.10 Å². The average Bonchev–Trinajstić information content (AvgIpc) is 2.46. The molecule has 3 heteroatoms. The molecule has 0 aliphatic rings. The van der Waals surface area contributed by atoms with Crippen molar-refractivity contribution >= 4 is 5.82 Å². The lowest BCUT2D eigenvalue weighted by molar-refractivity contribution is 0.358. The molecule has 0 spiro atoms. The predicted molar refractivity (Wildman–Crippen MR) is 65.2 cm³/mol. The first-order chi connectivity index (χ1) is 6.86. The molecule has 0 fully saturated rings. The number of rotatable bonds is 3. The summed E-state index contributed by atoms with van der Waals surface area (Å²) in [5.41, 5.74) is 2.71. The van der Waals surface area contributed by atoms with E-state index in [1.807, 2.05) is 0 Å².